The van der Waals surface area contributed by atoms with Crippen molar-refractivity contribution in [2.24, 2.45) is 0 Å². The first kappa shape index (κ1) is 13.3. The molecule has 0 aliphatic heterocycles. The smallest absolute Gasteiger partial charge is 0.307 e. The third kappa shape index (κ3) is 2.65. The fraction of sp³-hybridized carbons (Fsp3) is 0.357. The van der Waals surface area contributed by atoms with Gasteiger partial charge in [0.05, 0.1) is 17.4 Å². The van der Waals surface area contributed by atoms with Gasteiger partial charge in [0, 0.05) is 6.42 Å². The van der Waals surface area contributed by atoms with Crippen molar-refractivity contribution < 1.29 is 4.79 Å². The number of aryl methyl sites for hydroxylation is 1. The van der Waals surface area contributed by atoms with Gasteiger partial charge in [0.2, 0.25) is 0 Å². The van der Waals surface area contributed by atoms with Crippen LogP contribution < -0.4 is 11.2 Å². The molecule has 5 heteroatoms. The Bertz CT molecular complexity index is 740. The van der Waals surface area contributed by atoms with E-state index in [1.54, 1.807) is 12.1 Å². The number of hydrogen-bond donors (Lipinski definition) is 1. The number of rotatable bonds is 4. The molecule has 0 saturated carbocycles. The fourth-order valence-electron chi connectivity index (χ4n) is 2.04. The van der Waals surface area contributed by atoms with E-state index in [-0.39, 0.29) is 12.3 Å². The number of ketones is 1. The highest BCUT2D eigenvalue weighted by Crippen LogP contribution is 2.07. The molecule has 0 radical (unpaired) electrons. The van der Waals surface area contributed by atoms with E-state index in [4.69, 9.17) is 0 Å². The van der Waals surface area contributed by atoms with Gasteiger partial charge in [-0.1, -0.05) is 18.6 Å². The van der Waals surface area contributed by atoms with E-state index >= 15 is 0 Å². The number of H-pyrrole nitrogens is 1. The van der Waals surface area contributed by atoms with Crippen molar-refractivity contribution in [3.05, 3.63) is 44.6 Å². The van der Waals surface area contributed by atoms with Crippen LogP contribution in [0.2, 0.25) is 0 Å². The molecule has 0 spiro atoms. The standard InChI is InChI=1S/C14H16N2O3/c1-3-4-10(17)8-16-13(18)11-7-9(2)5-6-12(11)15-14(16)19/h5-7H,3-4,8H2,1-2H3,(H,15,19). The highest BCUT2D eigenvalue weighted by atomic mass is 16.2. The van der Waals surface area contributed by atoms with Gasteiger partial charge in [-0.05, 0) is 25.5 Å². The van der Waals surface area contributed by atoms with Gasteiger partial charge in [-0.25, -0.2) is 4.79 Å². The minimum atomic E-state index is -0.536. The number of carbonyl (C=O) groups is 1. The zero-order valence-electron chi connectivity index (χ0n) is 11.0. The Morgan fingerprint density at radius 2 is 2.05 bits per heavy atom. The zero-order valence-corrected chi connectivity index (χ0v) is 11.0. The molecule has 0 amide bonds. The molecule has 5 nitrogen and oxygen atoms in total. The lowest BCUT2D eigenvalue weighted by Gasteiger charge is -2.06. The zero-order chi connectivity index (χ0) is 14.0. The molecule has 0 aliphatic rings. The minimum Gasteiger partial charge on any atom is -0.307 e. The van der Waals surface area contributed by atoms with Gasteiger partial charge in [-0.3, -0.25) is 14.2 Å². The lowest BCUT2D eigenvalue weighted by Crippen LogP contribution is -2.37. The summed E-state index contributed by atoms with van der Waals surface area (Å²) in [5, 5.41) is 0.434. The normalized spacial score (nSPS) is 10.8. The highest BCUT2D eigenvalue weighted by Gasteiger charge is 2.10. The first-order valence-electron chi connectivity index (χ1n) is 6.28. The number of carbonyl (C=O) groups excluding carboxylic acids is 1. The molecule has 2 rings (SSSR count). The number of aromatic nitrogens is 2. The molecule has 1 aromatic carbocycles. The largest absolute Gasteiger partial charge is 0.329 e. The van der Waals surface area contributed by atoms with E-state index in [2.05, 4.69) is 4.98 Å². The van der Waals surface area contributed by atoms with Gasteiger partial charge in [0.15, 0.2) is 5.78 Å². The van der Waals surface area contributed by atoms with Crippen LogP contribution in [0.4, 0.5) is 0 Å². The van der Waals surface area contributed by atoms with Crippen molar-refractivity contribution in [1.82, 2.24) is 9.55 Å². The summed E-state index contributed by atoms with van der Waals surface area (Å²) in [5.41, 5.74) is 0.487. The molecule has 1 N–H and O–H groups in total. The molecule has 0 aliphatic carbocycles. The predicted molar refractivity (Wildman–Crippen MR) is 73.5 cm³/mol. The van der Waals surface area contributed by atoms with E-state index < -0.39 is 11.2 Å². The lowest BCUT2D eigenvalue weighted by molar-refractivity contribution is -0.119. The third-order valence-electron chi connectivity index (χ3n) is 3.00. The summed E-state index contributed by atoms with van der Waals surface area (Å²) in [6.45, 7) is 3.59. The van der Waals surface area contributed by atoms with Crippen LogP contribution in [0, 0.1) is 6.92 Å². The first-order valence-corrected chi connectivity index (χ1v) is 6.28. The molecule has 0 saturated heterocycles. The van der Waals surface area contributed by atoms with Gasteiger partial charge in [-0.15, -0.1) is 0 Å². The number of aromatic amines is 1. The van der Waals surface area contributed by atoms with Crippen molar-refractivity contribution in [1.29, 1.82) is 0 Å². The predicted octanol–water partition coefficient (Wildman–Crippen LogP) is 1.37. The summed E-state index contributed by atoms with van der Waals surface area (Å²) in [4.78, 5) is 38.3. The van der Waals surface area contributed by atoms with Gasteiger partial charge in [0.25, 0.3) is 5.56 Å². The van der Waals surface area contributed by atoms with Crippen molar-refractivity contribution in [2.75, 3.05) is 0 Å². The SMILES string of the molecule is CCCC(=O)Cn1c(=O)[nH]c2ccc(C)cc2c1=O. The van der Waals surface area contributed by atoms with E-state index in [9.17, 15) is 14.4 Å². The molecular weight excluding hydrogens is 244 g/mol. The van der Waals surface area contributed by atoms with Crippen molar-refractivity contribution >= 4 is 16.7 Å². The number of nitrogens with zero attached hydrogens (tertiary/aromatic N) is 1. The third-order valence-corrected chi connectivity index (χ3v) is 3.00. The van der Waals surface area contributed by atoms with Gasteiger partial charge in [0.1, 0.15) is 0 Å². The Hall–Kier alpha value is -2.17. The van der Waals surface area contributed by atoms with E-state index in [0.29, 0.717) is 23.7 Å². The van der Waals surface area contributed by atoms with Crippen LogP contribution in [0.3, 0.4) is 0 Å². The van der Waals surface area contributed by atoms with Crippen LogP contribution in [-0.2, 0) is 11.3 Å². The second-order valence-electron chi connectivity index (χ2n) is 4.66. The number of benzene rings is 1. The van der Waals surface area contributed by atoms with Crippen LogP contribution >= 0.6 is 0 Å². The summed E-state index contributed by atoms with van der Waals surface area (Å²) in [6, 6.07) is 5.24. The molecular formula is C14H16N2O3. The summed E-state index contributed by atoms with van der Waals surface area (Å²) in [6.07, 6.45) is 1.08. The Balaban J connectivity index is 2.59. The van der Waals surface area contributed by atoms with Gasteiger partial charge in [-0.2, -0.15) is 0 Å². The van der Waals surface area contributed by atoms with Crippen molar-refractivity contribution in [2.45, 2.75) is 33.2 Å². The van der Waals surface area contributed by atoms with Crippen LogP contribution in [-0.4, -0.2) is 15.3 Å². The van der Waals surface area contributed by atoms with Crippen LogP contribution in [0.25, 0.3) is 10.9 Å². The highest BCUT2D eigenvalue weighted by molar-refractivity contribution is 5.80. The summed E-state index contributed by atoms with van der Waals surface area (Å²) in [5.74, 6) is -0.109. The molecule has 1 aromatic heterocycles. The van der Waals surface area contributed by atoms with E-state index in [1.807, 2.05) is 19.9 Å². The molecule has 0 bridgehead atoms. The van der Waals surface area contributed by atoms with Crippen LogP contribution in [0.1, 0.15) is 25.3 Å². The Labute approximate surface area is 109 Å². The quantitative estimate of drug-likeness (QED) is 0.902. The Kier molecular flexibility index (Phi) is 3.64. The summed E-state index contributed by atoms with van der Waals surface area (Å²) >= 11 is 0. The lowest BCUT2D eigenvalue weighted by atomic mass is 10.1. The van der Waals surface area contributed by atoms with Crippen LogP contribution in [0.15, 0.2) is 27.8 Å². The number of Topliss-reactive ketones (excluding diaryl/α,β-unsaturated/α-hetero) is 1. The molecule has 19 heavy (non-hydrogen) atoms. The maximum atomic E-state index is 12.2. The van der Waals surface area contributed by atoms with Crippen molar-refractivity contribution in [3.63, 3.8) is 0 Å². The number of fused-ring (bicyclic) bond motifs is 1. The first-order chi connectivity index (χ1) is 9.02. The molecule has 1 heterocycles. The van der Waals surface area contributed by atoms with E-state index in [0.717, 1.165) is 10.1 Å². The molecule has 0 atom stereocenters. The number of hydrogen-bond acceptors (Lipinski definition) is 3. The minimum absolute atomic E-state index is 0.109. The maximum absolute atomic E-state index is 12.2. The monoisotopic (exact) mass is 260 g/mol. The molecule has 0 unspecified atom stereocenters. The average molecular weight is 260 g/mol. The Morgan fingerprint density at radius 3 is 2.74 bits per heavy atom. The van der Waals surface area contributed by atoms with Gasteiger partial charge < -0.3 is 4.98 Å². The molecule has 2 aromatic rings. The molecule has 100 valence electrons. The maximum Gasteiger partial charge on any atom is 0.329 e. The van der Waals surface area contributed by atoms with E-state index in [1.165, 1.54) is 0 Å². The van der Waals surface area contributed by atoms with Gasteiger partial charge >= 0.3 is 5.69 Å². The van der Waals surface area contributed by atoms with Crippen molar-refractivity contribution in [3.8, 4) is 0 Å². The average Bonchev–Trinajstić information content (AvgIpc) is 2.36. The second kappa shape index (κ2) is 5.22. The number of nitrogens with one attached hydrogen (secondary N) is 1. The summed E-state index contributed by atoms with van der Waals surface area (Å²) in [7, 11) is 0. The summed E-state index contributed by atoms with van der Waals surface area (Å²) < 4.78 is 0.972. The molecule has 0 fully saturated rings. The Morgan fingerprint density at radius 1 is 1.32 bits per heavy atom. The second-order valence-corrected chi connectivity index (χ2v) is 4.66. The fourth-order valence-corrected chi connectivity index (χ4v) is 2.04. The topological polar surface area (TPSA) is 71.9 Å². The van der Waals surface area contributed by atoms with Crippen LogP contribution in [0.5, 0.6) is 0 Å².